The van der Waals surface area contributed by atoms with Gasteiger partial charge in [-0.1, -0.05) is 12.1 Å². The third kappa shape index (κ3) is 9.56. The summed E-state index contributed by atoms with van der Waals surface area (Å²) in [6, 6.07) is 22.9. The van der Waals surface area contributed by atoms with Crippen LogP contribution < -0.4 is 10.6 Å². The summed E-state index contributed by atoms with van der Waals surface area (Å²) in [6.45, 7) is 0. The molecular formula is C41H32F8N6O4S. The quantitative estimate of drug-likeness (QED) is 0.140. The van der Waals surface area contributed by atoms with E-state index in [1.807, 2.05) is 0 Å². The molecule has 0 saturated heterocycles. The summed E-state index contributed by atoms with van der Waals surface area (Å²) in [7, 11) is -3.45. The lowest BCUT2D eigenvalue weighted by molar-refractivity contribution is -0.142. The minimum absolute atomic E-state index is 0.0296. The summed E-state index contributed by atoms with van der Waals surface area (Å²) >= 11 is 0. The van der Waals surface area contributed by atoms with Crippen LogP contribution in [0.5, 0.6) is 0 Å². The molecule has 312 valence electrons. The maximum Gasteiger partial charge on any atom is 0.435 e. The van der Waals surface area contributed by atoms with Crippen molar-refractivity contribution in [1.82, 2.24) is 19.6 Å². The summed E-state index contributed by atoms with van der Waals surface area (Å²) in [5.41, 5.74) is 0.0344. The van der Waals surface area contributed by atoms with Gasteiger partial charge in [-0.25, -0.2) is 26.6 Å². The van der Waals surface area contributed by atoms with E-state index in [0.29, 0.717) is 28.5 Å². The zero-order valence-corrected chi connectivity index (χ0v) is 32.0. The van der Waals surface area contributed by atoms with Crippen molar-refractivity contribution in [2.45, 2.75) is 54.8 Å². The molecule has 2 heterocycles. The van der Waals surface area contributed by atoms with Gasteiger partial charge in [0.15, 0.2) is 21.2 Å². The second kappa shape index (κ2) is 16.0. The van der Waals surface area contributed by atoms with Crippen LogP contribution in [-0.2, 0) is 22.2 Å². The highest BCUT2D eigenvalue weighted by Crippen LogP contribution is 2.44. The van der Waals surface area contributed by atoms with Gasteiger partial charge in [0.1, 0.15) is 17.2 Å². The smallest absolute Gasteiger partial charge is 0.322 e. The Kier molecular flexibility index (Phi) is 11.1. The third-order valence-electron chi connectivity index (χ3n) is 9.50. The standard InChI is InChI=1S/C21H18F3N3O3S.C20H14F5N3O/c1-31(29,30)17-4-2-3-14(11-17)20(28)25-15-7-9-16(10-8-15)27-18(13-5-6-13)12-19(26-27)21(22,23)24;21-14-2-1-3-15(22)18(14)19(29)26-12-6-8-13(9-7-12)28-16(11-4-5-11)10-17(27-28)20(23,24)25/h2-4,7-13H,5-6H2,1H3,(H,25,28);1-3,6-11H,4-5H2,(H,26,29). The van der Waals surface area contributed by atoms with E-state index in [9.17, 15) is 53.1 Å². The van der Waals surface area contributed by atoms with Crippen molar-refractivity contribution in [1.29, 1.82) is 0 Å². The van der Waals surface area contributed by atoms with Crippen LogP contribution in [0, 0.1) is 11.6 Å². The predicted molar refractivity (Wildman–Crippen MR) is 203 cm³/mol. The summed E-state index contributed by atoms with van der Waals surface area (Å²) in [5, 5.41) is 12.4. The van der Waals surface area contributed by atoms with Gasteiger partial charge in [-0.3, -0.25) is 9.59 Å². The minimum Gasteiger partial charge on any atom is -0.322 e. The molecule has 0 unspecified atom stereocenters. The molecule has 2 fully saturated rings. The molecule has 0 radical (unpaired) electrons. The van der Waals surface area contributed by atoms with Crippen LogP contribution in [0.4, 0.5) is 46.5 Å². The van der Waals surface area contributed by atoms with E-state index in [1.54, 1.807) is 24.3 Å². The van der Waals surface area contributed by atoms with E-state index >= 15 is 0 Å². The molecule has 2 aromatic heterocycles. The lowest BCUT2D eigenvalue weighted by atomic mass is 10.1. The summed E-state index contributed by atoms with van der Waals surface area (Å²) in [4.78, 5) is 24.6. The van der Waals surface area contributed by atoms with Crippen LogP contribution in [0.25, 0.3) is 11.4 Å². The molecule has 0 spiro atoms. The maximum absolute atomic E-state index is 13.7. The summed E-state index contributed by atoms with van der Waals surface area (Å²) in [5.74, 6) is -3.37. The molecule has 19 heteroatoms. The van der Waals surface area contributed by atoms with Gasteiger partial charge in [0.25, 0.3) is 11.8 Å². The number of aromatic nitrogens is 4. The molecule has 10 nitrogen and oxygen atoms in total. The van der Waals surface area contributed by atoms with Crippen molar-refractivity contribution in [3.05, 3.63) is 149 Å². The van der Waals surface area contributed by atoms with Gasteiger partial charge in [0.2, 0.25) is 0 Å². The van der Waals surface area contributed by atoms with Crippen molar-refractivity contribution >= 4 is 33.0 Å². The number of carbonyl (C=O) groups excluding carboxylic acids is 2. The first-order chi connectivity index (χ1) is 28.3. The van der Waals surface area contributed by atoms with E-state index in [0.717, 1.165) is 62.3 Å². The van der Waals surface area contributed by atoms with Crippen molar-refractivity contribution < 1.29 is 53.1 Å². The number of anilines is 2. The van der Waals surface area contributed by atoms with E-state index in [-0.39, 0.29) is 28.0 Å². The normalized spacial score (nSPS) is 14.3. The number of nitrogens with one attached hydrogen (secondary N) is 2. The van der Waals surface area contributed by atoms with E-state index < -0.39 is 62.6 Å². The van der Waals surface area contributed by atoms with Gasteiger partial charge < -0.3 is 10.6 Å². The number of benzene rings is 4. The number of sulfone groups is 1. The molecule has 2 saturated carbocycles. The second-order valence-corrected chi connectivity index (χ2v) is 16.2. The zero-order valence-electron chi connectivity index (χ0n) is 31.2. The monoisotopic (exact) mass is 856 g/mol. The Morgan fingerprint density at radius 2 is 1.03 bits per heavy atom. The van der Waals surface area contributed by atoms with E-state index in [1.165, 1.54) is 57.9 Å². The van der Waals surface area contributed by atoms with Crippen molar-refractivity contribution in [2.24, 2.45) is 0 Å². The summed E-state index contributed by atoms with van der Waals surface area (Å²) < 4.78 is 132. The van der Waals surface area contributed by atoms with Crippen LogP contribution >= 0.6 is 0 Å². The Morgan fingerprint density at radius 1 is 0.617 bits per heavy atom. The van der Waals surface area contributed by atoms with Crippen molar-refractivity contribution in [3.63, 3.8) is 0 Å². The fraction of sp³-hybridized carbons (Fsp3) is 0.220. The van der Waals surface area contributed by atoms with Crippen LogP contribution in [-0.4, -0.2) is 46.0 Å². The number of amides is 2. The average Bonchev–Trinajstić information content (AvgIpc) is 4.12. The second-order valence-electron chi connectivity index (χ2n) is 14.2. The Labute approximate surface area is 336 Å². The number of hydrogen-bond acceptors (Lipinski definition) is 6. The lowest BCUT2D eigenvalue weighted by Gasteiger charge is -2.10. The van der Waals surface area contributed by atoms with Gasteiger partial charge in [-0.05, 0) is 117 Å². The average molecular weight is 857 g/mol. The number of nitrogens with zero attached hydrogens (tertiary/aromatic N) is 4. The van der Waals surface area contributed by atoms with Gasteiger partial charge in [0, 0.05) is 46.4 Å². The molecule has 2 N–H and O–H groups in total. The van der Waals surface area contributed by atoms with Gasteiger partial charge in [-0.15, -0.1) is 0 Å². The van der Waals surface area contributed by atoms with Crippen LogP contribution in [0.15, 0.2) is 108 Å². The molecule has 0 bridgehead atoms. The summed E-state index contributed by atoms with van der Waals surface area (Å²) in [6.07, 6.45) is -4.78. The molecule has 4 aromatic carbocycles. The Bertz CT molecular complexity index is 2660. The van der Waals surface area contributed by atoms with E-state index in [4.69, 9.17) is 0 Å². The molecule has 0 atom stereocenters. The third-order valence-corrected chi connectivity index (χ3v) is 10.6. The number of halogens is 8. The van der Waals surface area contributed by atoms with Gasteiger partial charge in [-0.2, -0.15) is 36.5 Å². The highest BCUT2D eigenvalue weighted by molar-refractivity contribution is 7.90. The highest BCUT2D eigenvalue weighted by Gasteiger charge is 2.39. The molecular weight excluding hydrogens is 825 g/mol. The molecule has 0 aliphatic heterocycles. The van der Waals surface area contributed by atoms with Crippen molar-refractivity contribution in [2.75, 3.05) is 16.9 Å². The number of carbonyl (C=O) groups is 2. The van der Waals surface area contributed by atoms with Crippen LogP contribution in [0.1, 0.15) is 81.0 Å². The molecule has 6 aromatic rings. The Morgan fingerprint density at radius 3 is 1.43 bits per heavy atom. The number of rotatable bonds is 9. The maximum atomic E-state index is 13.7. The molecule has 60 heavy (non-hydrogen) atoms. The van der Waals surface area contributed by atoms with Crippen LogP contribution in [0.2, 0.25) is 0 Å². The van der Waals surface area contributed by atoms with E-state index in [2.05, 4.69) is 20.8 Å². The topological polar surface area (TPSA) is 128 Å². The van der Waals surface area contributed by atoms with Crippen LogP contribution in [0.3, 0.4) is 0 Å². The SMILES string of the molecule is CS(=O)(=O)c1cccc(C(=O)Nc2ccc(-n3nc(C(F)(F)F)cc3C3CC3)cc2)c1.O=C(Nc1ccc(-n2nc(C(F)(F)F)cc2C2CC2)cc1)c1c(F)cccc1F. The van der Waals surface area contributed by atoms with Crippen molar-refractivity contribution in [3.8, 4) is 11.4 Å². The molecule has 8 rings (SSSR count). The zero-order chi connectivity index (χ0) is 43.1. The fourth-order valence-electron chi connectivity index (χ4n) is 6.17. The Hall–Kier alpha value is -6.37. The predicted octanol–water partition coefficient (Wildman–Crippen LogP) is 9.72. The first-order valence-corrected chi connectivity index (χ1v) is 20.1. The highest BCUT2D eigenvalue weighted by atomic mass is 32.2. The first kappa shape index (κ1) is 41.8. The number of alkyl halides is 6. The Balaban J connectivity index is 0.000000182. The molecule has 2 aliphatic rings. The first-order valence-electron chi connectivity index (χ1n) is 18.2. The lowest BCUT2D eigenvalue weighted by Crippen LogP contribution is -2.15. The van der Waals surface area contributed by atoms with Gasteiger partial charge in [0.05, 0.1) is 16.3 Å². The molecule has 2 aliphatic carbocycles. The fourth-order valence-corrected chi connectivity index (χ4v) is 6.84. The number of hydrogen-bond donors (Lipinski definition) is 2. The van der Waals surface area contributed by atoms with Gasteiger partial charge >= 0.3 is 12.4 Å². The molecule has 2 amide bonds. The minimum atomic E-state index is -4.55. The largest absolute Gasteiger partial charge is 0.435 e.